The molecule has 5 nitrogen and oxygen atoms in total. The third-order valence-electron chi connectivity index (χ3n) is 4.74. The van der Waals surface area contributed by atoms with Gasteiger partial charge in [-0.05, 0) is 43.2 Å². The predicted octanol–water partition coefficient (Wildman–Crippen LogP) is 3.78. The van der Waals surface area contributed by atoms with Crippen LogP contribution in [0, 0.1) is 6.92 Å². The third kappa shape index (κ3) is 2.86. The van der Waals surface area contributed by atoms with Gasteiger partial charge < -0.3 is 9.47 Å². The van der Waals surface area contributed by atoms with E-state index in [1.165, 1.54) is 5.56 Å². The smallest absolute Gasteiger partial charge is 0.223 e. The van der Waals surface area contributed by atoms with Crippen LogP contribution in [0.1, 0.15) is 29.7 Å². The molecule has 0 saturated carbocycles. The molecule has 0 fully saturated rings. The standard InChI is InChI=1S/C21H22N4O/c1-3-4-10-20(26)24-14-18-19(15-24)22-25(17-9-7-8-16(2)13-17)21(18)23-11-5-6-12-23/h3,5-9,11-13H,1,4,10,14-15H2,2H3. The number of benzene rings is 1. The van der Waals surface area contributed by atoms with Gasteiger partial charge in [-0.2, -0.15) is 5.10 Å². The lowest BCUT2D eigenvalue weighted by molar-refractivity contribution is -0.131. The number of carbonyl (C=O) groups excluding carboxylic acids is 1. The topological polar surface area (TPSA) is 43.1 Å². The van der Waals surface area contributed by atoms with Crippen molar-refractivity contribution in [3.05, 3.63) is 78.3 Å². The lowest BCUT2D eigenvalue weighted by atomic mass is 10.2. The third-order valence-corrected chi connectivity index (χ3v) is 4.74. The minimum atomic E-state index is 0.156. The van der Waals surface area contributed by atoms with Crippen molar-refractivity contribution in [2.75, 3.05) is 0 Å². The summed E-state index contributed by atoms with van der Waals surface area (Å²) in [6, 6.07) is 12.3. The number of allylic oxidation sites excluding steroid dienone is 1. The first kappa shape index (κ1) is 16.4. The molecular formula is C21H22N4O. The lowest BCUT2D eigenvalue weighted by Gasteiger charge is -2.17. The van der Waals surface area contributed by atoms with Crippen molar-refractivity contribution in [2.24, 2.45) is 0 Å². The fraction of sp³-hybridized carbons (Fsp3) is 0.238. The molecule has 3 aromatic rings. The molecule has 0 aliphatic carbocycles. The number of hydrogen-bond acceptors (Lipinski definition) is 2. The average molecular weight is 346 g/mol. The van der Waals surface area contributed by atoms with E-state index in [0.29, 0.717) is 25.9 Å². The van der Waals surface area contributed by atoms with Gasteiger partial charge in [0.1, 0.15) is 5.82 Å². The van der Waals surface area contributed by atoms with Gasteiger partial charge in [0.25, 0.3) is 0 Å². The number of carbonyl (C=O) groups is 1. The van der Waals surface area contributed by atoms with Crippen molar-refractivity contribution in [3.63, 3.8) is 0 Å². The number of amides is 1. The minimum absolute atomic E-state index is 0.156. The Morgan fingerprint density at radius 2 is 2.04 bits per heavy atom. The molecule has 0 unspecified atom stereocenters. The van der Waals surface area contributed by atoms with Crippen molar-refractivity contribution in [1.29, 1.82) is 0 Å². The van der Waals surface area contributed by atoms with E-state index in [1.54, 1.807) is 6.08 Å². The number of aromatic nitrogens is 3. The first-order valence-electron chi connectivity index (χ1n) is 8.87. The second-order valence-electron chi connectivity index (χ2n) is 6.67. The highest BCUT2D eigenvalue weighted by atomic mass is 16.2. The summed E-state index contributed by atoms with van der Waals surface area (Å²) in [6.45, 7) is 6.95. The largest absolute Gasteiger partial charge is 0.332 e. The van der Waals surface area contributed by atoms with Crippen LogP contribution in [-0.4, -0.2) is 25.2 Å². The molecule has 1 aliphatic heterocycles. The van der Waals surface area contributed by atoms with Crippen LogP contribution < -0.4 is 0 Å². The van der Waals surface area contributed by atoms with E-state index in [4.69, 9.17) is 5.10 Å². The monoisotopic (exact) mass is 346 g/mol. The summed E-state index contributed by atoms with van der Waals surface area (Å²) in [7, 11) is 0. The van der Waals surface area contributed by atoms with Crippen molar-refractivity contribution in [3.8, 4) is 11.5 Å². The average Bonchev–Trinajstić information content (AvgIpc) is 3.34. The molecule has 4 rings (SSSR count). The number of nitrogens with zero attached hydrogens (tertiary/aromatic N) is 4. The van der Waals surface area contributed by atoms with Gasteiger partial charge in [0.2, 0.25) is 5.91 Å². The highest BCUT2D eigenvalue weighted by Crippen LogP contribution is 2.31. The van der Waals surface area contributed by atoms with Gasteiger partial charge in [-0.3, -0.25) is 4.79 Å². The summed E-state index contributed by atoms with van der Waals surface area (Å²) in [5.74, 6) is 1.16. The van der Waals surface area contributed by atoms with Crippen LogP contribution in [0.25, 0.3) is 11.5 Å². The maximum absolute atomic E-state index is 12.4. The minimum Gasteiger partial charge on any atom is -0.332 e. The summed E-state index contributed by atoms with van der Waals surface area (Å²) in [5, 5.41) is 4.85. The van der Waals surface area contributed by atoms with E-state index in [2.05, 4.69) is 36.3 Å². The normalized spacial score (nSPS) is 13.0. The molecule has 1 aliphatic rings. The Morgan fingerprint density at radius 3 is 2.77 bits per heavy atom. The molecule has 0 bridgehead atoms. The van der Waals surface area contributed by atoms with Crippen LogP contribution in [0.4, 0.5) is 0 Å². The molecular weight excluding hydrogens is 324 g/mol. The Bertz CT molecular complexity index is 953. The summed E-state index contributed by atoms with van der Waals surface area (Å²) < 4.78 is 4.06. The molecule has 3 heterocycles. The van der Waals surface area contributed by atoms with Crippen molar-refractivity contribution >= 4 is 5.91 Å². The van der Waals surface area contributed by atoms with Crippen LogP contribution in [-0.2, 0) is 17.9 Å². The molecule has 0 radical (unpaired) electrons. The zero-order chi connectivity index (χ0) is 18.1. The SMILES string of the molecule is C=CCCC(=O)N1Cc2nn(-c3cccc(C)c3)c(-n3cccc3)c2C1. The molecule has 2 aromatic heterocycles. The van der Waals surface area contributed by atoms with E-state index in [0.717, 1.165) is 22.8 Å². The molecule has 0 N–H and O–H groups in total. The Hall–Kier alpha value is -3.08. The Kier molecular flexibility index (Phi) is 4.21. The molecule has 0 spiro atoms. The van der Waals surface area contributed by atoms with Crippen LogP contribution in [0.2, 0.25) is 0 Å². The summed E-state index contributed by atoms with van der Waals surface area (Å²) in [5.41, 5.74) is 4.32. The molecule has 0 saturated heterocycles. The van der Waals surface area contributed by atoms with Crippen LogP contribution in [0.15, 0.2) is 61.4 Å². The highest BCUT2D eigenvalue weighted by molar-refractivity contribution is 5.77. The molecule has 132 valence electrons. The van der Waals surface area contributed by atoms with Crippen molar-refractivity contribution < 1.29 is 4.79 Å². The zero-order valence-electron chi connectivity index (χ0n) is 14.9. The summed E-state index contributed by atoms with van der Waals surface area (Å²) in [4.78, 5) is 14.3. The van der Waals surface area contributed by atoms with Gasteiger partial charge in [-0.15, -0.1) is 6.58 Å². The Balaban J connectivity index is 1.74. The van der Waals surface area contributed by atoms with E-state index in [9.17, 15) is 4.79 Å². The maximum atomic E-state index is 12.4. The van der Waals surface area contributed by atoms with Gasteiger partial charge in [0.05, 0.1) is 24.5 Å². The first-order valence-corrected chi connectivity index (χ1v) is 8.87. The highest BCUT2D eigenvalue weighted by Gasteiger charge is 2.30. The van der Waals surface area contributed by atoms with E-state index < -0.39 is 0 Å². The van der Waals surface area contributed by atoms with Gasteiger partial charge in [0.15, 0.2) is 0 Å². The van der Waals surface area contributed by atoms with E-state index >= 15 is 0 Å². The van der Waals surface area contributed by atoms with E-state index in [1.807, 2.05) is 40.2 Å². The molecule has 5 heteroatoms. The quantitative estimate of drug-likeness (QED) is 0.660. The van der Waals surface area contributed by atoms with Gasteiger partial charge in [-0.25, -0.2) is 4.68 Å². The van der Waals surface area contributed by atoms with Crippen molar-refractivity contribution in [1.82, 2.24) is 19.2 Å². The zero-order valence-corrected chi connectivity index (χ0v) is 14.9. The van der Waals surface area contributed by atoms with Crippen molar-refractivity contribution in [2.45, 2.75) is 32.9 Å². The van der Waals surface area contributed by atoms with Crippen LogP contribution in [0.5, 0.6) is 0 Å². The first-order chi connectivity index (χ1) is 12.7. The lowest BCUT2D eigenvalue weighted by Crippen LogP contribution is -2.26. The summed E-state index contributed by atoms with van der Waals surface area (Å²) in [6.07, 6.45) is 7.04. The van der Waals surface area contributed by atoms with Crippen LogP contribution >= 0.6 is 0 Å². The second kappa shape index (κ2) is 6.67. The Labute approximate surface area is 153 Å². The fourth-order valence-corrected chi connectivity index (χ4v) is 3.44. The fourth-order valence-electron chi connectivity index (χ4n) is 3.44. The Morgan fingerprint density at radius 1 is 1.23 bits per heavy atom. The number of aryl methyl sites for hydroxylation is 1. The van der Waals surface area contributed by atoms with Gasteiger partial charge >= 0.3 is 0 Å². The molecule has 0 atom stereocenters. The van der Waals surface area contributed by atoms with E-state index in [-0.39, 0.29) is 5.91 Å². The number of hydrogen-bond donors (Lipinski definition) is 0. The van der Waals surface area contributed by atoms with Crippen LogP contribution in [0.3, 0.4) is 0 Å². The number of rotatable bonds is 5. The maximum Gasteiger partial charge on any atom is 0.223 e. The second-order valence-corrected chi connectivity index (χ2v) is 6.67. The van der Waals surface area contributed by atoms with Gasteiger partial charge in [0, 0.05) is 24.4 Å². The molecule has 1 aromatic carbocycles. The predicted molar refractivity (Wildman–Crippen MR) is 101 cm³/mol. The molecule has 1 amide bonds. The summed E-state index contributed by atoms with van der Waals surface area (Å²) >= 11 is 0. The number of fused-ring (bicyclic) bond motifs is 1. The van der Waals surface area contributed by atoms with Gasteiger partial charge in [-0.1, -0.05) is 18.2 Å². The molecule has 26 heavy (non-hydrogen) atoms.